The van der Waals surface area contributed by atoms with Gasteiger partial charge in [-0.15, -0.1) is 0 Å². The molecule has 0 saturated carbocycles. The van der Waals surface area contributed by atoms with E-state index in [1.54, 1.807) is 5.56 Å². The summed E-state index contributed by atoms with van der Waals surface area (Å²) in [5.74, 6) is 1.18. The van der Waals surface area contributed by atoms with Crippen LogP contribution in [0.15, 0.2) is 12.1 Å². The summed E-state index contributed by atoms with van der Waals surface area (Å²) >= 11 is 0. The Hall–Kier alpha value is -1.31. The molecule has 1 aliphatic heterocycles. The van der Waals surface area contributed by atoms with Crippen molar-refractivity contribution in [3.63, 3.8) is 0 Å². The first-order valence-electron chi connectivity index (χ1n) is 8.37. The highest BCUT2D eigenvalue weighted by atomic mass is 16.2. The van der Waals surface area contributed by atoms with Crippen molar-refractivity contribution in [2.45, 2.75) is 58.9 Å². The Morgan fingerprint density at radius 1 is 1.24 bits per heavy atom. The van der Waals surface area contributed by atoms with E-state index in [-0.39, 0.29) is 5.92 Å². The van der Waals surface area contributed by atoms with E-state index in [0.717, 1.165) is 25.7 Å². The lowest BCUT2D eigenvalue weighted by Gasteiger charge is -2.28. The maximum Gasteiger partial charge on any atom is 0.225 e. The van der Waals surface area contributed by atoms with Gasteiger partial charge in [-0.25, -0.2) is 0 Å². The van der Waals surface area contributed by atoms with Gasteiger partial charge in [0, 0.05) is 19.0 Å². The van der Waals surface area contributed by atoms with E-state index in [2.05, 4.69) is 32.9 Å². The largest absolute Gasteiger partial charge is 0.342 e. The maximum absolute atomic E-state index is 12.4. The lowest BCUT2D eigenvalue weighted by Crippen LogP contribution is -2.39. The summed E-state index contributed by atoms with van der Waals surface area (Å²) < 4.78 is 0. The molecule has 0 radical (unpaired) electrons. The van der Waals surface area contributed by atoms with Crippen LogP contribution in [-0.4, -0.2) is 23.9 Å². The van der Waals surface area contributed by atoms with Crippen LogP contribution < -0.4 is 0 Å². The van der Waals surface area contributed by atoms with Crippen LogP contribution in [0.1, 0.15) is 48.9 Å². The Morgan fingerprint density at radius 3 is 2.71 bits per heavy atom. The minimum absolute atomic E-state index is 0.182. The van der Waals surface area contributed by atoms with Gasteiger partial charge in [0.25, 0.3) is 0 Å². The van der Waals surface area contributed by atoms with Gasteiger partial charge in [-0.3, -0.25) is 4.79 Å². The van der Waals surface area contributed by atoms with E-state index in [0.29, 0.717) is 17.9 Å². The lowest BCUT2D eigenvalue weighted by molar-refractivity contribution is -0.134. The number of carbonyl (C=O) groups excluding carboxylic acids is 1. The highest BCUT2D eigenvalue weighted by molar-refractivity contribution is 5.79. The van der Waals surface area contributed by atoms with Gasteiger partial charge in [-0.05, 0) is 61.6 Å². The van der Waals surface area contributed by atoms with Crippen molar-refractivity contribution in [2.24, 2.45) is 11.8 Å². The zero-order valence-electron chi connectivity index (χ0n) is 13.8. The first-order valence-corrected chi connectivity index (χ1v) is 8.37. The second-order valence-electron chi connectivity index (χ2n) is 7.16. The lowest BCUT2D eigenvalue weighted by atomic mass is 9.87. The minimum atomic E-state index is 0.182. The molecule has 1 heterocycles. The first kappa shape index (κ1) is 14.6. The Labute approximate surface area is 128 Å². The SMILES string of the molecule is CCc1cc(C)cc2c1C[C@H]1C[C@@H](C2)C[C@H](C)C(=O)N1C. The van der Waals surface area contributed by atoms with E-state index >= 15 is 0 Å². The Bertz CT molecular complexity index is 563. The van der Waals surface area contributed by atoms with Crippen molar-refractivity contribution < 1.29 is 4.79 Å². The van der Waals surface area contributed by atoms with E-state index < -0.39 is 0 Å². The van der Waals surface area contributed by atoms with Crippen LogP contribution in [0.4, 0.5) is 0 Å². The summed E-state index contributed by atoms with van der Waals surface area (Å²) in [6.07, 6.45) is 5.52. The molecule has 1 aliphatic carbocycles. The third-order valence-corrected chi connectivity index (χ3v) is 5.52. The minimum Gasteiger partial charge on any atom is -0.342 e. The number of amides is 1. The Balaban J connectivity index is 2.05. The summed E-state index contributed by atoms with van der Waals surface area (Å²) in [5, 5.41) is 0. The van der Waals surface area contributed by atoms with E-state index in [1.165, 1.54) is 23.1 Å². The maximum atomic E-state index is 12.4. The highest BCUT2D eigenvalue weighted by Gasteiger charge is 2.35. The number of fused-ring (bicyclic) bond motifs is 3. The average Bonchev–Trinajstić information content (AvgIpc) is 2.68. The molecule has 21 heavy (non-hydrogen) atoms. The van der Waals surface area contributed by atoms with Crippen molar-refractivity contribution >= 4 is 5.91 Å². The number of benzene rings is 1. The van der Waals surface area contributed by atoms with Crippen molar-refractivity contribution in [3.8, 4) is 0 Å². The predicted octanol–water partition coefficient (Wildman–Crippen LogP) is 3.53. The van der Waals surface area contributed by atoms with Crippen LogP contribution in [0.2, 0.25) is 0 Å². The molecular weight excluding hydrogens is 258 g/mol. The number of likely N-dealkylation sites (tertiary alicyclic amines) is 1. The molecule has 0 spiro atoms. The molecule has 1 saturated heterocycles. The van der Waals surface area contributed by atoms with Crippen molar-refractivity contribution in [1.29, 1.82) is 0 Å². The second kappa shape index (κ2) is 5.47. The molecule has 3 rings (SSSR count). The van der Waals surface area contributed by atoms with Gasteiger partial charge < -0.3 is 4.90 Å². The van der Waals surface area contributed by atoms with Gasteiger partial charge in [0.1, 0.15) is 0 Å². The summed E-state index contributed by atoms with van der Waals surface area (Å²) in [7, 11) is 2.01. The number of hydrogen-bond donors (Lipinski definition) is 0. The molecule has 0 unspecified atom stereocenters. The van der Waals surface area contributed by atoms with Crippen LogP contribution in [-0.2, 0) is 24.1 Å². The summed E-state index contributed by atoms with van der Waals surface area (Å²) in [6, 6.07) is 5.12. The third kappa shape index (κ3) is 2.61. The topological polar surface area (TPSA) is 20.3 Å². The quantitative estimate of drug-likeness (QED) is 0.773. The molecular formula is C19H27NO. The fourth-order valence-corrected chi connectivity index (χ4v) is 4.43. The normalized spacial score (nSPS) is 28.9. The van der Waals surface area contributed by atoms with Crippen LogP contribution >= 0.6 is 0 Å². The number of likely N-dealkylation sites (N-methyl/N-ethyl adjacent to an activating group) is 1. The molecule has 2 nitrogen and oxygen atoms in total. The average molecular weight is 285 g/mol. The zero-order valence-corrected chi connectivity index (χ0v) is 13.8. The van der Waals surface area contributed by atoms with Crippen molar-refractivity contribution in [3.05, 3.63) is 34.4 Å². The molecule has 1 aromatic rings. The van der Waals surface area contributed by atoms with Crippen molar-refractivity contribution in [2.75, 3.05) is 7.05 Å². The summed E-state index contributed by atoms with van der Waals surface area (Å²) in [4.78, 5) is 14.5. The number of aryl methyl sites for hydroxylation is 2. The predicted molar refractivity (Wildman–Crippen MR) is 86.4 cm³/mol. The van der Waals surface area contributed by atoms with Crippen LogP contribution in [0.5, 0.6) is 0 Å². The first-order chi connectivity index (χ1) is 9.99. The molecule has 114 valence electrons. The highest BCUT2D eigenvalue weighted by Crippen LogP contribution is 2.36. The van der Waals surface area contributed by atoms with Crippen molar-refractivity contribution in [1.82, 2.24) is 4.90 Å². The molecule has 1 fully saturated rings. The van der Waals surface area contributed by atoms with E-state index in [9.17, 15) is 4.79 Å². The molecule has 2 bridgehead atoms. The zero-order chi connectivity index (χ0) is 15.1. The smallest absolute Gasteiger partial charge is 0.225 e. The third-order valence-electron chi connectivity index (χ3n) is 5.52. The Morgan fingerprint density at radius 2 is 2.00 bits per heavy atom. The van der Waals surface area contributed by atoms with E-state index in [1.807, 2.05) is 11.9 Å². The molecule has 0 aromatic heterocycles. The number of hydrogen-bond acceptors (Lipinski definition) is 1. The fraction of sp³-hybridized carbons (Fsp3) is 0.632. The van der Waals surface area contributed by atoms with Gasteiger partial charge in [0.05, 0.1) is 0 Å². The standard InChI is InChI=1S/C19H27NO/c1-5-15-6-12(2)7-16-9-14-8-13(3)19(21)20(4)17(10-14)11-18(15)16/h6-7,13-14,17H,5,8-11H2,1-4H3/t13-,14+,17+/m0/s1. The molecule has 2 aliphatic rings. The number of carbonyl (C=O) groups is 1. The fourth-order valence-electron chi connectivity index (χ4n) is 4.43. The Kier molecular flexibility index (Phi) is 3.81. The van der Waals surface area contributed by atoms with Crippen LogP contribution in [0.25, 0.3) is 0 Å². The summed E-state index contributed by atoms with van der Waals surface area (Å²) in [6.45, 7) is 6.56. The van der Waals surface area contributed by atoms with Gasteiger partial charge in [0.15, 0.2) is 0 Å². The second-order valence-corrected chi connectivity index (χ2v) is 7.16. The van der Waals surface area contributed by atoms with E-state index in [4.69, 9.17) is 0 Å². The molecule has 0 N–H and O–H groups in total. The van der Waals surface area contributed by atoms with Crippen LogP contribution in [0, 0.1) is 18.8 Å². The molecule has 3 atom stereocenters. The van der Waals surface area contributed by atoms with Gasteiger partial charge in [-0.1, -0.05) is 31.5 Å². The molecule has 1 amide bonds. The summed E-state index contributed by atoms with van der Waals surface area (Å²) in [5.41, 5.74) is 5.96. The number of rotatable bonds is 1. The monoisotopic (exact) mass is 285 g/mol. The van der Waals surface area contributed by atoms with Crippen LogP contribution in [0.3, 0.4) is 0 Å². The molecule has 2 heteroatoms. The van der Waals surface area contributed by atoms with Gasteiger partial charge in [-0.2, -0.15) is 0 Å². The molecule has 1 aromatic carbocycles. The van der Waals surface area contributed by atoms with Gasteiger partial charge >= 0.3 is 0 Å². The number of nitrogens with zero attached hydrogens (tertiary/aromatic N) is 1. The van der Waals surface area contributed by atoms with Gasteiger partial charge in [0.2, 0.25) is 5.91 Å².